The summed E-state index contributed by atoms with van der Waals surface area (Å²) in [5, 5.41) is 4.38. The average Bonchev–Trinajstić information content (AvgIpc) is 2.28. The summed E-state index contributed by atoms with van der Waals surface area (Å²) in [5.41, 5.74) is 8.13. The zero-order chi connectivity index (χ0) is 10.3. The topological polar surface area (TPSA) is 43.8 Å². The Morgan fingerprint density at radius 3 is 2.50 bits per heavy atom. The summed E-state index contributed by atoms with van der Waals surface area (Å²) in [5.74, 6) is 0.650. The Morgan fingerprint density at radius 2 is 2.07 bits per heavy atom. The first kappa shape index (κ1) is 9.56. The lowest BCUT2D eigenvalue weighted by atomic mass is 9.82. The smallest absolute Gasteiger partial charge is 0.0736 e. The first-order chi connectivity index (χ1) is 6.50. The molecule has 1 aromatic heterocycles. The fraction of sp³-hybridized carbons (Fsp3) is 0.727. The summed E-state index contributed by atoms with van der Waals surface area (Å²) in [4.78, 5) is 0. The molecule has 0 aliphatic heterocycles. The van der Waals surface area contributed by atoms with E-state index in [0.29, 0.717) is 5.92 Å². The quantitative estimate of drug-likeness (QED) is 0.744. The van der Waals surface area contributed by atoms with Crippen molar-refractivity contribution in [3.63, 3.8) is 0 Å². The highest BCUT2D eigenvalue weighted by molar-refractivity contribution is 5.44. The third-order valence-corrected chi connectivity index (χ3v) is 2.96. The highest BCUT2D eigenvalue weighted by Crippen LogP contribution is 2.40. The molecule has 0 unspecified atom stereocenters. The van der Waals surface area contributed by atoms with Crippen molar-refractivity contribution in [1.29, 1.82) is 0 Å². The van der Waals surface area contributed by atoms with Crippen molar-refractivity contribution in [1.82, 2.24) is 9.78 Å². The molecular weight excluding hydrogens is 174 g/mol. The molecule has 78 valence electrons. The molecule has 0 atom stereocenters. The predicted octanol–water partition coefficient (Wildman–Crippen LogP) is 2.49. The lowest BCUT2D eigenvalue weighted by Crippen LogP contribution is -2.28. The number of aromatic nitrogens is 2. The number of hydrogen-bond acceptors (Lipinski definition) is 2. The molecule has 1 saturated carbocycles. The van der Waals surface area contributed by atoms with Gasteiger partial charge < -0.3 is 5.73 Å². The molecule has 3 heteroatoms. The molecule has 0 saturated heterocycles. The van der Waals surface area contributed by atoms with E-state index in [9.17, 15) is 0 Å². The van der Waals surface area contributed by atoms with Gasteiger partial charge in [-0.05, 0) is 33.6 Å². The van der Waals surface area contributed by atoms with Crippen LogP contribution in [-0.4, -0.2) is 9.78 Å². The van der Waals surface area contributed by atoms with Gasteiger partial charge in [-0.15, -0.1) is 0 Å². The largest absolute Gasteiger partial charge is 0.396 e. The zero-order valence-electron chi connectivity index (χ0n) is 9.25. The Labute approximate surface area is 85.3 Å². The van der Waals surface area contributed by atoms with Crippen LogP contribution in [0.3, 0.4) is 0 Å². The maximum atomic E-state index is 5.97. The second-order valence-electron chi connectivity index (χ2n) is 5.20. The van der Waals surface area contributed by atoms with Crippen LogP contribution in [0.2, 0.25) is 0 Å². The molecule has 14 heavy (non-hydrogen) atoms. The number of rotatable bonds is 1. The van der Waals surface area contributed by atoms with Crippen LogP contribution in [0.15, 0.2) is 6.20 Å². The minimum atomic E-state index is 0.0442. The molecule has 0 spiro atoms. The van der Waals surface area contributed by atoms with Gasteiger partial charge in [0.2, 0.25) is 0 Å². The molecule has 1 aromatic rings. The average molecular weight is 193 g/mol. The molecular formula is C11H19N3. The van der Waals surface area contributed by atoms with Crippen molar-refractivity contribution < 1.29 is 0 Å². The minimum absolute atomic E-state index is 0.0442. The van der Waals surface area contributed by atoms with E-state index in [0.717, 1.165) is 5.69 Å². The van der Waals surface area contributed by atoms with Gasteiger partial charge in [-0.3, -0.25) is 4.68 Å². The molecule has 0 aromatic carbocycles. The monoisotopic (exact) mass is 193 g/mol. The fourth-order valence-electron chi connectivity index (χ4n) is 2.00. The van der Waals surface area contributed by atoms with E-state index in [1.54, 1.807) is 6.20 Å². The Morgan fingerprint density at radius 1 is 1.43 bits per heavy atom. The van der Waals surface area contributed by atoms with Crippen LogP contribution in [0.5, 0.6) is 0 Å². The van der Waals surface area contributed by atoms with Crippen molar-refractivity contribution in [3.05, 3.63) is 11.9 Å². The molecule has 1 aliphatic carbocycles. The third kappa shape index (κ3) is 1.41. The fourth-order valence-corrected chi connectivity index (χ4v) is 2.00. The SMILES string of the molecule is CC(C)(C)n1ncc(N)c1C1CCC1. The summed E-state index contributed by atoms with van der Waals surface area (Å²) in [7, 11) is 0. The van der Waals surface area contributed by atoms with Crippen LogP contribution in [0.4, 0.5) is 5.69 Å². The first-order valence-electron chi connectivity index (χ1n) is 5.34. The number of anilines is 1. The maximum absolute atomic E-state index is 5.97. The zero-order valence-corrected chi connectivity index (χ0v) is 9.25. The highest BCUT2D eigenvalue weighted by atomic mass is 15.3. The summed E-state index contributed by atoms with van der Waals surface area (Å²) < 4.78 is 2.09. The van der Waals surface area contributed by atoms with E-state index in [-0.39, 0.29) is 5.54 Å². The maximum Gasteiger partial charge on any atom is 0.0736 e. The van der Waals surface area contributed by atoms with Gasteiger partial charge in [0.15, 0.2) is 0 Å². The first-order valence-corrected chi connectivity index (χ1v) is 5.34. The number of nitrogens with zero attached hydrogens (tertiary/aromatic N) is 2. The summed E-state index contributed by atoms with van der Waals surface area (Å²) in [6, 6.07) is 0. The Bertz CT molecular complexity index is 329. The lowest BCUT2D eigenvalue weighted by Gasteiger charge is -2.31. The van der Waals surface area contributed by atoms with Crippen molar-refractivity contribution in [2.75, 3.05) is 5.73 Å². The van der Waals surface area contributed by atoms with Crippen molar-refractivity contribution in [3.8, 4) is 0 Å². The molecule has 3 nitrogen and oxygen atoms in total. The predicted molar refractivity (Wildman–Crippen MR) is 58.2 cm³/mol. The van der Waals surface area contributed by atoms with E-state index in [1.807, 2.05) is 0 Å². The molecule has 1 fully saturated rings. The summed E-state index contributed by atoms with van der Waals surface area (Å²) in [6.07, 6.45) is 5.66. The van der Waals surface area contributed by atoms with E-state index >= 15 is 0 Å². The second kappa shape index (κ2) is 3.01. The molecule has 1 aliphatic rings. The van der Waals surface area contributed by atoms with Gasteiger partial charge in [-0.1, -0.05) is 6.42 Å². The van der Waals surface area contributed by atoms with Crippen LogP contribution >= 0.6 is 0 Å². The van der Waals surface area contributed by atoms with Crippen LogP contribution in [0, 0.1) is 0 Å². The normalized spacial score (nSPS) is 18.2. The van der Waals surface area contributed by atoms with Crippen LogP contribution < -0.4 is 5.73 Å². The van der Waals surface area contributed by atoms with Crippen LogP contribution in [-0.2, 0) is 5.54 Å². The van der Waals surface area contributed by atoms with E-state index < -0.39 is 0 Å². The van der Waals surface area contributed by atoms with Crippen LogP contribution in [0.25, 0.3) is 0 Å². The van der Waals surface area contributed by atoms with Gasteiger partial charge in [0, 0.05) is 5.92 Å². The molecule has 1 heterocycles. The van der Waals surface area contributed by atoms with Gasteiger partial charge in [0.1, 0.15) is 0 Å². The Kier molecular flexibility index (Phi) is 2.05. The van der Waals surface area contributed by atoms with E-state index in [4.69, 9.17) is 5.73 Å². The number of hydrogen-bond donors (Lipinski definition) is 1. The summed E-state index contributed by atoms with van der Waals surface area (Å²) >= 11 is 0. The molecule has 2 N–H and O–H groups in total. The molecule has 0 amide bonds. The molecule has 0 bridgehead atoms. The van der Waals surface area contributed by atoms with E-state index in [1.165, 1.54) is 25.0 Å². The minimum Gasteiger partial charge on any atom is -0.396 e. The van der Waals surface area contributed by atoms with E-state index in [2.05, 4.69) is 30.6 Å². The van der Waals surface area contributed by atoms with Crippen molar-refractivity contribution in [2.45, 2.75) is 51.5 Å². The molecule has 2 rings (SSSR count). The van der Waals surface area contributed by atoms with Gasteiger partial charge >= 0.3 is 0 Å². The second-order valence-corrected chi connectivity index (χ2v) is 5.20. The number of nitrogens with two attached hydrogens (primary N) is 1. The van der Waals surface area contributed by atoms with Gasteiger partial charge in [-0.25, -0.2) is 0 Å². The Balaban J connectivity index is 2.40. The lowest BCUT2D eigenvalue weighted by molar-refractivity contribution is 0.308. The highest BCUT2D eigenvalue weighted by Gasteiger charge is 2.29. The molecule has 0 radical (unpaired) electrons. The number of nitrogen functional groups attached to an aromatic ring is 1. The van der Waals surface area contributed by atoms with Gasteiger partial charge in [0.25, 0.3) is 0 Å². The van der Waals surface area contributed by atoms with Gasteiger partial charge in [-0.2, -0.15) is 5.10 Å². The van der Waals surface area contributed by atoms with Crippen molar-refractivity contribution >= 4 is 5.69 Å². The third-order valence-electron chi connectivity index (χ3n) is 2.96. The standard InChI is InChI=1S/C11H19N3/c1-11(2,3)14-10(8-5-4-6-8)9(12)7-13-14/h7-8H,4-6,12H2,1-3H3. The van der Waals surface area contributed by atoms with Crippen molar-refractivity contribution in [2.24, 2.45) is 0 Å². The summed E-state index contributed by atoms with van der Waals surface area (Å²) in [6.45, 7) is 6.50. The Hall–Kier alpha value is -0.990. The van der Waals surface area contributed by atoms with Gasteiger partial charge in [0.05, 0.1) is 23.1 Å². The van der Waals surface area contributed by atoms with Crippen LogP contribution in [0.1, 0.15) is 51.6 Å².